The molecular formula is C11H16O. The fourth-order valence-electron chi connectivity index (χ4n) is 1.41. The average Bonchev–Trinajstić information content (AvgIpc) is 2.08. The van der Waals surface area contributed by atoms with E-state index >= 15 is 0 Å². The van der Waals surface area contributed by atoms with Crippen LogP contribution in [0, 0.1) is 13.8 Å². The van der Waals surface area contributed by atoms with Gasteiger partial charge in [0.05, 0.1) is 0 Å². The lowest BCUT2D eigenvalue weighted by atomic mass is 9.94. The van der Waals surface area contributed by atoms with Gasteiger partial charge in [-0.05, 0) is 30.5 Å². The summed E-state index contributed by atoms with van der Waals surface area (Å²) in [5, 5.41) is 9.00. The minimum absolute atomic E-state index is 0.226. The van der Waals surface area contributed by atoms with Crippen molar-refractivity contribution in [1.82, 2.24) is 0 Å². The summed E-state index contributed by atoms with van der Waals surface area (Å²) < 4.78 is 0. The molecular weight excluding hydrogens is 148 g/mol. The van der Waals surface area contributed by atoms with Crippen LogP contribution in [0.15, 0.2) is 18.2 Å². The Morgan fingerprint density at radius 3 is 2.58 bits per heavy atom. The summed E-state index contributed by atoms with van der Waals surface area (Å²) in [5.74, 6) is 0.255. The Balaban J connectivity index is 3.07. The summed E-state index contributed by atoms with van der Waals surface area (Å²) in [6, 6.07) is 6.23. The van der Waals surface area contributed by atoms with Gasteiger partial charge in [0, 0.05) is 12.5 Å². The molecule has 1 aromatic carbocycles. The largest absolute Gasteiger partial charge is 0.396 e. The third-order valence-electron chi connectivity index (χ3n) is 2.45. The smallest absolute Gasteiger partial charge is 0.0497 e. The van der Waals surface area contributed by atoms with Gasteiger partial charge in [0.2, 0.25) is 0 Å². The highest BCUT2D eigenvalue weighted by molar-refractivity contribution is 5.35. The van der Waals surface area contributed by atoms with Crippen molar-refractivity contribution in [2.75, 3.05) is 6.61 Å². The molecule has 0 spiro atoms. The zero-order valence-electron chi connectivity index (χ0n) is 7.96. The van der Waals surface area contributed by atoms with Gasteiger partial charge in [0.25, 0.3) is 0 Å². The fourth-order valence-corrected chi connectivity index (χ4v) is 1.41. The molecule has 0 aliphatic heterocycles. The van der Waals surface area contributed by atoms with Crippen LogP contribution in [0.25, 0.3) is 0 Å². The van der Waals surface area contributed by atoms with Crippen LogP contribution in [-0.2, 0) is 0 Å². The Hall–Kier alpha value is -0.820. The molecule has 1 aromatic rings. The Morgan fingerprint density at radius 2 is 2.00 bits per heavy atom. The third-order valence-corrected chi connectivity index (χ3v) is 2.45. The Labute approximate surface area is 74.1 Å². The molecule has 0 radical (unpaired) electrons. The predicted molar refractivity (Wildman–Crippen MR) is 51.4 cm³/mol. The lowest BCUT2D eigenvalue weighted by molar-refractivity contribution is 0.272. The van der Waals surface area contributed by atoms with Gasteiger partial charge in [-0.1, -0.05) is 25.1 Å². The maximum absolute atomic E-state index is 9.00. The average molecular weight is 164 g/mol. The van der Waals surface area contributed by atoms with Gasteiger partial charge < -0.3 is 5.11 Å². The molecule has 1 atom stereocenters. The quantitative estimate of drug-likeness (QED) is 0.711. The van der Waals surface area contributed by atoms with Crippen LogP contribution in [0.1, 0.15) is 29.5 Å². The zero-order chi connectivity index (χ0) is 9.14. The third kappa shape index (κ3) is 1.67. The maximum atomic E-state index is 9.00. The number of hydrogen-bond acceptors (Lipinski definition) is 1. The van der Waals surface area contributed by atoms with E-state index in [-0.39, 0.29) is 12.5 Å². The monoisotopic (exact) mass is 164 g/mol. The number of aliphatic hydroxyl groups is 1. The van der Waals surface area contributed by atoms with Crippen LogP contribution in [0.2, 0.25) is 0 Å². The SMILES string of the molecule is Cc1cccc(C(C)CO)c1C. The lowest BCUT2D eigenvalue weighted by Gasteiger charge is -2.13. The number of aliphatic hydroxyl groups excluding tert-OH is 1. The normalized spacial score (nSPS) is 13.0. The molecule has 66 valence electrons. The van der Waals surface area contributed by atoms with Crippen molar-refractivity contribution in [3.63, 3.8) is 0 Å². The van der Waals surface area contributed by atoms with Gasteiger partial charge >= 0.3 is 0 Å². The number of rotatable bonds is 2. The van der Waals surface area contributed by atoms with E-state index in [1.54, 1.807) is 0 Å². The van der Waals surface area contributed by atoms with Crippen molar-refractivity contribution < 1.29 is 5.11 Å². The van der Waals surface area contributed by atoms with Crippen molar-refractivity contribution in [2.24, 2.45) is 0 Å². The lowest BCUT2D eigenvalue weighted by Crippen LogP contribution is -2.02. The molecule has 0 heterocycles. The highest BCUT2D eigenvalue weighted by Gasteiger charge is 2.07. The molecule has 0 aliphatic carbocycles. The van der Waals surface area contributed by atoms with Crippen molar-refractivity contribution in [3.05, 3.63) is 34.9 Å². The molecule has 0 fully saturated rings. The summed E-state index contributed by atoms with van der Waals surface area (Å²) in [6.07, 6.45) is 0. The van der Waals surface area contributed by atoms with Gasteiger partial charge in [-0.2, -0.15) is 0 Å². The first-order valence-electron chi connectivity index (χ1n) is 4.33. The number of hydrogen-bond donors (Lipinski definition) is 1. The van der Waals surface area contributed by atoms with E-state index in [0.29, 0.717) is 0 Å². The van der Waals surface area contributed by atoms with E-state index in [9.17, 15) is 0 Å². The van der Waals surface area contributed by atoms with Gasteiger partial charge in [0.15, 0.2) is 0 Å². The van der Waals surface area contributed by atoms with E-state index in [1.807, 2.05) is 13.0 Å². The molecule has 1 nitrogen and oxygen atoms in total. The molecule has 0 saturated heterocycles. The first-order chi connectivity index (χ1) is 5.66. The molecule has 1 unspecified atom stereocenters. The first kappa shape index (κ1) is 9.27. The second-order valence-corrected chi connectivity index (χ2v) is 3.37. The molecule has 0 saturated carbocycles. The summed E-state index contributed by atoms with van der Waals surface area (Å²) in [4.78, 5) is 0. The minimum Gasteiger partial charge on any atom is -0.396 e. The molecule has 0 amide bonds. The fraction of sp³-hybridized carbons (Fsp3) is 0.455. The highest BCUT2D eigenvalue weighted by Crippen LogP contribution is 2.20. The van der Waals surface area contributed by atoms with Crippen LogP contribution >= 0.6 is 0 Å². The van der Waals surface area contributed by atoms with Crippen LogP contribution in [0.3, 0.4) is 0 Å². The van der Waals surface area contributed by atoms with Gasteiger partial charge in [-0.25, -0.2) is 0 Å². The predicted octanol–water partition coefficient (Wildman–Crippen LogP) is 2.40. The van der Waals surface area contributed by atoms with Crippen LogP contribution in [-0.4, -0.2) is 11.7 Å². The van der Waals surface area contributed by atoms with Crippen LogP contribution in [0.5, 0.6) is 0 Å². The molecule has 1 N–H and O–H groups in total. The summed E-state index contributed by atoms with van der Waals surface area (Å²) in [6.45, 7) is 6.48. The zero-order valence-corrected chi connectivity index (χ0v) is 7.96. The Kier molecular flexibility index (Phi) is 2.88. The van der Waals surface area contributed by atoms with Gasteiger partial charge in [0.1, 0.15) is 0 Å². The molecule has 0 aromatic heterocycles. The van der Waals surface area contributed by atoms with Crippen molar-refractivity contribution in [2.45, 2.75) is 26.7 Å². The van der Waals surface area contributed by atoms with E-state index in [0.717, 1.165) is 0 Å². The highest BCUT2D eigenvalue weighted by atomic mass is 16.3. The Bertz CT molecular complexity index is 266. The van der Waals surface area contributed by atoms with E-state index < -0.39 is 0 Å². The topological polar surface area (TPSA) is 20.2 Å². The Morgan fingerprint density at radius 1 is 1.33 bits per heavy atom. The minimum atomic E-state index is 0.226. The molecule has 1 heteroatoms. The van der Waals surface area contributed by atoms with Crippen molar-refractivity contribution >= 4 is 0 Å². The summed E-state index contributed by atoms with van der Waals surface area (Å²) >= 11 is 0. The van der Waals surface area contributed by atoms with Crippen molar-refractivity contribution in [3.8, 4) is 0 Å². The molecule has 0 bridgehead atoms. The van der Waals surface area contributed by atoms with Crippen LogP contribution < -0.4 is 0 Å². The second-order valence-electron chi connectivity index (χ2n) is 3.37. The van der Waals surface area contributed by atoms with Gasteiger partial charge in [-0.15, -0.1) is 0 Å². The summed E-state index contributed by atoms with van der Waals surface area (Å²) in [5.41, 5.74) is 3.87. The number of benzene rings is 1. The number of aryl methyl sites for hydroxylation is 1. The second kappa shape index (κ2) is 3.72. The maximum Gasteiger partial charge on any atom is 0.0497 e. The summed E-state index contributed by atoms with van der Waals surface area (Å²) in [7, 11) is 0. The molecule has 1 rings (SSSR count). The standard InChI is InChI=1S/C11H16O/c1-8-5-4-6-11(10(8)3)9(2)7-12/h4-6,9,12H,7H2,1-3H3. The van der Waals surface area contributed by atoms with E-state index in [1.165, 1.54) is 16.7 Å². The van der Waals surface area contributed by atoms with E-state index in [4.69, 9.17) is 5.11 Å². The van der Waals surface area contributed by atoms with Crippen molar-refractivity contribution in [1.29, 1.82) is 0 Å². The van der Waals surface area contributed by atoms with E-state index in [2.05, 4.69) is 26.0 Å². The first-order valence-corrected chi connectivity index (χ1v) is 4.33. The van der Waals surface area contributed by atoms with Gasteiger partial charge in [-0.3, -0.25) is 0 Å². The van der Waals surface area contributed by atoms with Crippen LogP contribution in [0.4, 0.5) is 0 Å². The molecule has 0 aliphatic rings. The molecule has 12 heavy (non-hydrogen) atoms.